The van der Waals surface area contributed by atoms with Gasteiger partial charge in [-0.3, -0.25) is 0 Å². The fourth-order valence-corrected chi connectivity index (χ4v) is 2.11. The minimum absolute atomic E-state index is 0.651. The number of nitrogens with zero attached hydrogens (tertiary/aromatic N) is 2. The maximum atomic E-state index is 5.97. The van der Waals surface area contributed by atoms with Gasteiger partial charge < -0.3 is 5.32 Å². The van der Waals surface area contributed by atoms with Crippen LogP contribution in [-0.4, -0.2) is 16.5 Å². The van der Waals surface area contributed by atoms with Crippen molar-refractivity contribution >= 4 is 11.6 Å². The monoisotopic (exact) mass is 289 g/mol. The molecule has 0 bridgehead atoms. The van der Waals surface area contributed by atoms with Crippen LogP contribution in [0.1, 0.15) is 30.8 Å². The number of halogens is 1. The largest absolute Gasteiger partial charge is 0.312 e. The zero-order valence-electron chi connectivity index (χ0n) is 11.9. The molecular formula is C16H20ClN3. The highest BCUT2D eigenvalue weighted by atomic mass is 35.5. The smallest absolute Gasteiger partial charge is 0.132 e. The quantitative estimate of drug-likeness (QED) is 0.885. The third-order valence-corrected chi connectivity index (χ3v) is 3.13. The summed E-state index contributed by atoms with van der Waals surface area (Å²) in [6, 6.07) is 7.80. The summed E-state index contributed by atoms with van der Waals surface area (Å²) in [5.41, 5.74) is 2.24. The van der Waals surface area contributed by atoms with Crippen molar-refractivity contribution in [2.75, 3.05) is 6.54 Å². The van der Waals surface area contributed by atoms with Gasteiger partial charge in [0.1, 0.15) is 5.82 Å². The van der Waals surface area contributed by atoms with Crippen LogP contribution in [0.25, 0.3) is 0 Å². The molecule has 0 amide bonds. The van der Waals surface area contributed by atoms with Gasteiger partial charge in [0.05, 0.1) is 0 Å². The van der Waals surface area contributed by atoms with Gasteiger partial charge in [0.15, 0.2) is 0 Å². The van der Waals surface area contributed by atoms with E-state index < -0.39 is 0 Å². The van der Waals surface area contributed by atoms with Gasteiger partial charge in [-0.15, -0.1) is 0 Å². The second-order valence-electron chi connectivity index (χ2n) is 5.34. The predicted octanol–water partition coefficient (Wildman–Crippen LogP) is 3.47. The van der Waals surface area contributed by atoms with Crippen LogP contribution in [-0.2, 0) is 13.0 Å². The Hall–Kier alpha value is -1.45. The van der Waals surface area contributed by atoms with Crippen molar-refractivity contribution in [2.45, 2.75) is 26.8 Å². The van der Waals surface area contributed by atoms with Crippen LogP contribution >= 0.6 is 11.6 Å². The van der Waals surface area contributed by atoms with E-state index in [0.717, 1.165) is 35.1 Å². The van der Waals surface area contributed by atoms with Crippen molar-refractivity contribution in [3.05, 3.63) is 58.6 Å². The summed E-state index contributed by atoms with van der Waals surface area (Å²) in [4.78, 5) is 8.81. The van der Waals surface area contributed by atoms with Gasteiger partial charge in [0.25, 0.3) is 0 Å². The first-order valence-electron chi connectivity index (χ1n) is 6.88. The molecular weight excluding hydrogens is 270 g/mol. The molecule has 2 rings (SSSR count). The third-order valence-electron chi connectivity index (χ3n) is 2.89. The molecule has 3 nitrogen and oxygen atoms in total. The predicted molar refractivity (Wildman–Crippen MR) is 82.8 cm³/mol. The lowest BCUT2D eigenvalue weighted by Gasteiger charge is -2.07. The molecule has 0 atom stereocenters. The first-order chi connectivity index (χ1) is 9.63. The Bertz CT molecular complexity index is 538. The number of rotatable bonds is 6. The first-order valence-corrected chi connectivity index (χ1v) is 7.26. The van der Waals surface area contributed by atoms with E-state index in [0.29, 0.717) is 12.3 Å². The number of benzene rings is 1. The third kappa shape index (κ3) is 4.91. The minimum atomic E-state index is 0.651. The van der Waals surface area contributed by atoms with E-state index >= 15 is 0 Å². The van der Waals surface area contributed by atoms with Crippen molar-refractivity contribution in [1.29, 1.82) is 0 Å². The van der Waals surface area contributed by atoms with Crippen LogP contribution in [0.4, 0.5) is 0 Å². The summed E-state index contributed by atoms with van der Waals surface area (Å²) in [6.07, 6.45) is 4.49. The van der Waals surface area contributed by atoms with Crippen molar-refractivity contribution in [1.82, 2.24) is 15.3 Å². The van der Waals surface area contributed by atoms with E-state index in [-0.39, 0.29) is 0 Å². The lowest BCUT2D eigenvalue weighted by Crippen LogP contribution is -2.19. The Morgan fingerprint density at radius 3 is 2.55 bits per heavy atom. The average molecular weight is 290 g/mol. The van der Waals surface area contributed by atoms with E-state index in [4.69, 9.17) is 11.6 Å². The van der Waals surface area contributed by atoms with Crippen LogP contribution in [0.3, 0.4) is 0 Å². The summed E-state index contributed by atoms with van der Waals surface area (Å²) in [7, 11) is 0. The van der Waals surface area contributed by atoms with Crippen molar-refractivity contribution in [3.8, 4) is 0 Å². The Morgan fingerprint density at radius 1 is 1.15 bits per heavy atom. The summed E-state index contributed by atoms with van der Waals surface area (Å²) >= 11 is 5.97. The Morgan fingerprint density at radius 2 is 1.90 bits per heavy atom. The van der Waals surface area contributed by atoms with Crippen LogP contribution in [0.2, 0.25) is 5.02 Å². The topological polar surface area (TPSA) is 37.8 Å². The van der Waals surface area contributed by atoms with Gasteiger partial charge in [-0.25, -0.2) is 9.97 Å². The molecule has 106 valence electrons. The molecule has 1 aromatic heterocycles. The normalized spacial score (nSPS) is 11.0. The van der Waals surface area contributed by atoms with Crippen LogP contribution in [0.15, 0.2) is 36.7 Å². The van der Waals surface area contributed by atoms with E-state index in [1.807, 2.05) is 36.7 Å². The second-order valence-corrected chi connectivity index (χ2v) is 5.78. The van der Waals surface area contributed by atoms with E-state index in [1.54, 1.807) is 0 Å². The molecule has 1 N–H and O–H groups in total. The fourth-order valence-electron chi connectivity index (χ4n) is 1.90. The van der Waals surface area contributed by atoms with Gasteiger partial charge >= 0.3 is 0 Å². The number of hydrogen-bond acceptors (Lipinski definition) is 3. The summed E-state index contributed by atoms with van der Waals surface area (Å²) in [5, 5.41) is 4.13. The molecule has 0 aliphatic carbocycles. The molecule has 4 heteroatoms. The van der Waals surface area contributed by atoms with Crippen LogP contribution in [0, 0.1) is 5.92 Å². The van der Waals surface area contributed by atoms with Crippen molar-refractivity contribution in [3.63, 3.8) is 0 Å². The number of aromatic nitrogens is 2. The zero-order chi connectivity index (χ0) is 14.4. The number of nitrogens with one attached hydrogen (secondary N) is 1. The van der Waals surface area contributed by atoms with Crippen LogP contribution in [0.5, 0.6) is 0 Å². The molecule has 0 saturated heterocycles. The van der Waals surface area contributed by atoms with Gasteiger partial charge in [0, 0.05) is 35.9 Å². The zero-order valence-corrected chi connectivity index (χ0v) is 12.7. The highest BCUT2D eigenvalue weighted by Crippen LogP contribution is 2.13. The maximum Gasteiger partial charge on any atom is 0.132 e. The highest BCUT2D eigenvalue weighted by molar-refractivity contribution is 6.30. The SMILES string of the molecule is CC(C)CNCc1cnc(Cc2cccc(Cl)c2)nc1. The minimum Gasteiger partial charge on any atom is -0.312 e. The molecule has 0 aliphatic heterocycles. The lowest BCUT2D eigenvalue weighted by atomic mass is 10.1. The molecule has 0 aliphatic rings. The lowest BCUT2D eigenvalue weighted by molar-refractivity contribution is 0.551. The van der Waals surface area contributed by atoms with E-state index in [9.17, 15) is 0 Å². The van der Waals surface area contributed by atoms with Gasteiger partial charge in [-0.05, 0) is 30.2 Å². The summed E-state index contributed by atoms with van der Waals surface area (Å²) < 4.78 is 0. The fraction of sp³-hybridized carbons (Fsp3) is 0.375. The molecule has 0 radical (unpaired) electrons. The van der Waals surface area contributed by atoms with Crippen molar-refractivity contribution < 1.29 is 0 Å². The van der Waals surface area contributed by atoms with Crippen molar-refractivity contribution in [2.24, 2.45) is 5.92 Å². The molecule has 1 aromatic carbocycles. The summed E-state index contributed by atoms with van der Waals surface area (Å²) in [6.45, 7) is 6.20. The molecule has 0 unspecified atom stereocenters. The molecule has 0 saturated carbocycles. The average Bonchev–Trinajstić information content (AvgIpc) is 2.40. The summed E-state index contributed by atoms with van der Waals surface area (Å²) in [5.74, 6) is 1.47. The molecule has 20 heavy (non-hydrogen) atoms. The second kappa shape index (κ2) is 7.36. The molecule has 2 aromatic rings. The Kier molecular flexibility index (Phi) is 5.50. The Labute approximate surface area is 125 Å². The van der Waals surface area contributed by atoms with E-state index in [2.05, 4.69) is 29.1 Å². The maximum absolute atomic E-state index is 5.97. The molecule has 0 spiro atoms. The highest BCUT2D eigenvalue weighted by Gasteiger charge is 2.01. The van der Waals surface area contributed by atoms with Crippen LogP contribution < -0.4 is 5.32 Å². The van der Waals surface area contributed by atoms with Gasteiger partial charge in [-0.1, -0.05) is 37.6 Å². The van der Waals surface area contributed by atoms with Gasteiger partial charge in [0.2, 0.25) is 0 Å². The molecule has 0 fully saturated rings. The number of hydrogen-bond donors (Lipinski definition) is 1. The molecule has 1 heterocycles. The van der Waals surface area contributed by atoms with Gasteiger partial charge in [-0.2, -0.15) is 0 Å². The Balaban J connectivity index is 1.91. The standard InChI is InChI=1S/C16H20ClN3/c1-12(2)8-18-9-14-10-19-16(20-11-14)7-13-4-3-5-15(17)6-13/h3-6,10-12,18H,7-9H2,1-2H3. The first kappa shape index (κ1) is 14.9. The van der Waals surface area contributed by atoms with E-state index in [1.165, 1.54) is 0 Å².